The highest BCUT2D eigenvalue weighted by atomic mass is 14.7. The Labute approximate surface area is 67.8 Å². The molecule has 2 nitrogen and oxygen atoms in total. The van der Waals surface area contributed by atoms with Gasteiger partial charge in [-0.25, -0.2) is 0 Å². The fourth-order valence-corrected chi connectivity index (χ4v) is 1.04. The summed E-state index contributed by atoms with van der Waals surface area (Å²) in [7, 11) is 0. The first-order valence-electron chi connectivity index (χ1n) is 4.15. The number of rotatable bonds is 4. The highest BCUT2D eigenvalue weighted by Gasteiger charge is 1.99. The van der Waals surface area contributed by atoms with E-state index < -0.39 is 0 Å². The topological polar surface area (TPSA) is 41.8 Å². The van der Waals surface area contributed by atoms with E-state index in [1.165, 1.54) is 12.1 Å². The maximum absolute atomic E-state index is 5.50. The maximum Gasteiger partial charge on any atom is 0.0147 e. The minimum Gasteiger partial charge on any atom is -0.365 e. The molecule has 2 heteroatoms. The Morgan fingerprint density at radius 3 is 3.00 bits per heavy atom. The summed E-state index contributed by atoms with van der Waals surface area (Å²) in [5.74, 6) is 0.637. The van der Waals surface area contributed by atoms with Crippen molar-refractivity contribution >= 4 is 0 Å². The zero-order valence-electron chi connectivity index (χ0n) is 7.01. The summed E-state index contributed by atoms with van der Waals surface area (Å²) in [5, 5.41) is 0. The molecular formula is C9H16N2. The van der Waals surface area contributed by atoms with Crippen LogP contribution in [0.2, 0.25) is 0 Å². The monoisotopic (exact) mass is 152 g/mol. The molecule has 0 aliphatic rings. The van der Waals surface area contributed by atoms with Crippen LogP contribution in [0.4, 0.5) is 0 Å². The summed E-state index contributed by atoms with van der Waals surface area (Å²) in [6.45, 7) is 2.98. The van der Waals surface area contributed by atoms with E-state index in [9.17, 15) is 0 Å². The lowest BCUT2D eigenvalue weighted by Gasteiger charge is -2.05. The van der Waals surface area contributed by atoms with E-state index in [2.05, 4.69) is 18.0 Å². The Balaban J connectivity index is 2.23. The van der Waals surface area contributed by atoms with Gasteiger partial charge in [0.15, 0.2) is 0 Å². The van der Waals surface area contributed by atoms with Gasteiger partial charge in [0.2, 0.25) is 0 Å². The first kappa shape index (κ1) is 8.34. The summed E-state index contributed by atoms with van der Waals surface area (Å²) >= 11 is 0. The van der Waals surface area contributed by atoms with E-state index in [1.807, 2.05) is 12.3 Å². The first-order valence-corrected chi connectivity index (χ1v) is 4.15. The maximum atomic E-state index is 5.50. The lowest BCUT2D eigenvalue weighted by Crippen LogP contribution is -2.11. The molecule has 1 aromatic rings. The Hall–Kier alpha value is -0.760. The average molecular weight is 152 g/mol. The van der Waals surface area contributed by atoms with Crippen LogP contribution >= 0.6 is 0 Å². The average Bonchev–Trinajstić information content (AvgIpc) is 2.52. The van der Waals surface area contributed by atoms with E-state index in [4.69, 9.17) is 5.73 Å². The predicted octanol–water partition coefficient (Wildman–Crippen LogP) is 1.54. The lowest BCUT2D eigenvalue weighted by molar-refractivity contribution is 0.541. The Morgan fingerprint density at radius 2 is 2.45 bits per heavy atom. The van der Waals surface area contributed by atoms with Gasteiger partial charge in [-0.3, -0.25) is 0 Å². The highest BCUT2D eigenvalue weighted by Crippen LogP contribution is 2.05. The standard InChI is InChI=1S/C9H16N2/c1-8(7-10)4-5-9-3-2-6-11-9/h2-3,6,8,11H,4-5,7,10H2,1H3. The van der Waals surface area contributed by atoms with E-state index in [1.54, 1.807) is 0 Å². The minimum absolute atomic E-state index is 0.637. The number of H-pyrrole nitrogens is 1. The van der Waals surface area contributed by atoms with Crippen molar-refractivity contribution < 1.29 is 0 Å². The fraction of sp³-hybridized carbons (Fsp3) is 0.556. The number of aromatic amines is 1. The van der Waals surface area contributed by atoms with Crippen LogP contribution in [-0.2, 0) is 6.42 Å². The zero-order chi connectivity index (χ0) is 8.10. The van der Waals surface area contributed by atoms with Crippen LogP contribution in [-0.4, -0.2) is 11.5 Å². The van der Waals surface area contributed by atoms with E-state index in [0.29, 0.717) is 5.92 Å². The molecule has 0 fully saturated rings. The molecule has 1 rings (SSSR count). The largest absolute Gasteiger partial charge is 0.365 e. The second-order valence-corrected chi connectivity index (χ2v) is 3.07. The molecule has 1 aromatic heterocycles. The van der Waals surface area contributed by atoms with Gasteiger partial charge in [0.05, 0.1) is 0 Å². The highest BCUT2D eigenvalue weighted by molar-refractivity contribution is 5.03. The van der Waals surface area contributed by atoms with Gasteiger partial charge in [0.1, 0.15) is 0 Å². The molecule has 0 radical (unpaired) electrons. The smallest absolute Gasteiger partial charge is 0.0147 e. The lowest BCUT2D eigenvalue weighted by atomic mass is 10.1. The van der Waals surface area contributed by atoms with Gasteiger partial charge < -0.3 is 10.7 Å². The van der Waals surface area contributed by atoms with Crippen LogP contribution in [0, 0.1) is 5.92 Å². The van der Waals surface area contributed by atoms with Crippen LogP contribution in [0.15, 0.2) is 18.3 Å². The summed E-state index contributed by atoms with van der Waals surface area (Å²) in [4.78, 5) is 3.18. The van der Waals surface area contributed by atoms with Crippen molar-refractivity contribution in [3.05, 3.63) is 24.0 Å². The van der Waals surface area contributed by atoms with Crippen LogP contribution in [0.25, 0.3) is 0 Å². The van der Waals surface area contributed by atoms with E-state index in [-0.39, 0.29) is 0 Å². The molecule has 0 spiro atoms. The van der Waals surface area contributed by atoms with Gasteiger partial charge in [-0.2, -0.15) is 0 Å². The Morgan fingerprint density at radius 1 is 1.64 bits per heavy atom. The molecule has 0 aliphatic carbocycles. The van der Waals surface area contributed by atoms with E-state index >= 15 is 0 Å². The Bertz CT molecular complexity index is 179. The number of hydrogen-bond donors (Lipinski definition) is 2. The summed E-state index contributed by atoms with van der Waals surface area (Å²) in [6.07, 6.45) is 4.25. The van der Waals surface area contributed by atoms with Gasteiger partial charge in [0, 0.05) is 11.9 Å². The molecule has 1 unspecified atom stereocenters. The SMILES string of the molecule is CC(CN)CCc1ccc[nH]1. The molecule has 0 amide bonds. The second-order valence-electron chi connectivity index (χ2n) is 3.07. The van der Waals surface area contributed by atoms with Crippen molar-refractivity contribution in [2.24, 2.45) is 11.7 Å². The minimum atomic E-state index is 0.637. The van der Waals surface area contributed by atoms with Crippen LogP contribution in [0.5, 0.6) is 0 Å². The normalized spacial score (nSPS) is 13.3. The summed E-state index contributed by atoms with van der Waals surface area (Å²) < 4.78 is 0. The van der Waals surface area contributed by atoms with Crippen molar-refractivity contribution in [3.63, 3.8) is 0 Å². The number of aromatic nitrogens is 1. The molecule has 1 atom stereocenters. The molecule has 0 aromatic carbocycles. The molecule has 0 bridgehead atoms. The first-order chi connectivity index (χ1) is 5.33. The molecule has 1 heterocycles. The molecule has 11 heavy (non-hydrogen) atoms. The van der Waals surface area contributed by atoms with Crippen molar-refractivity contribution in [2.75, 3.05) is 6.54 Å². The second kappa shape index (κ2) is 4.19. The van der Waals surface area contributed by atoms with E-state index in [0.717, 1.165) is 13.0 Å². The number of aryl methyl sites for hydroxylation is 1. The zero-order valence-corrected chi connectivity index (χ0v) is 7.01. The number of nitrogens with one attached hydrogen (secondary N) is 1. The summed E-state index contributed by atoms with van der Waals surface area (Å²) in [6, 6.07) is 4.14. The van der Waals surface area contributed by atoms with Gasteiger partial charge >= 0.3 is 0 Å². The van der Waals surface area contributed by atoms with Crippen molar-refractivity contribution in [3.8, 4) is 0 Å². The van der Waals surface area contributed by atoms with Crippen molar-refractivity contribution in [1.82, 2.24) is 4.98 Å². The van der Waals surface area contributed by atoms with Crippen LogP contribution < -0.4 is 5.73 Å². The third-order valence-electron chi connectivity index (χ3n) is 1.97. The Kier molecular flexibility index (Phi) is 3.17. The number of hydrogen-bond acceptors (Lipinski definition) is 1. The van der Waals surface area contributed by atoms with Crippen molar-refractivity contribution in [1.29, 1.82) is 0 Å². The van der Waals surface area contributed by atoms with Gasteiger partial charge in [-0.1, -0.05) is 6.92 Å². The van der Waals surface area contributed by atoms with Gasteiger partial charge in [0.25, 0.3) is 0 Å². The molecule has 0 saturated heterocycles. The molecule has 3 N–H and O–H groups in total. The predicted molar refractivity (Wildman–Crippen MR) is 47.3 cm³/mol. The van der Waals surface area contributed by atoms with Gasteiger partial charge in [-0.15, -0.1) is 0 Å². The van der Waals surface area contributed by atoms with Gasteiger partial charge in [-0.05, 0) is 37.4 Å². The third-order valence-corrected chi connectivity index (χ3v) is 1.97. The fourth-order valence-electron chi connectivity index (χ4n) is 1.04. The molecule has 0 aliphatic heterocycles. The van der Waals surface area contributed by atoms with Crippen LogP contribution in [0.1, 0.15) is 19.0 Å². The molecule has 0 saturated carbocycles. The molecule has 62 valence electrons. The van der Waals surface area contributed by atoms with Crippen LogP contribution in [0.3, 0.4) is 0 Å². The summed E-state index contributed by atoms with van der Waals surface area (Å²) in [5.41, 5.74) is 6.81. The third kappa shape index (κ3) is 2.76. The number of nitrogens with two attached hydrogens (primary N) is 1. The molecular weight excluding hydrogens is 136 g/mol. The van der Waals surface area contributed by atoms with Crippen molar-refractivity contribution in [2.45, 2.75) is 19.8 Å². The quantitative estimate of drug-likeness (QED) is 0.675.